The number of nitrogens with one attached hydrogen (secondary N) is 2. The van der Waals surface area contributed by atoms with Crippen molar-refractivity contribution in [3.8, 4) is 0 Å². The van der Waals surface area contributed by atoms with E-state index >= 15 is 0 Å². The van der Waals surface area contributed by atoms with Crippen molar-refractivity contribution in [3.05, 3.63) is 47.5 Å². The average Bonchev–Trinajstić information content (AvgIpc) is 3.44. The van der Waals surface area contributed by atoms with Crippen LogP contribution in [0.15, 0.2) is 30.3 Å². The fourth-order valence-electron chi connectivity index (χ4n) is 3.77. The molecule has 0 bridgehead atoms. The number of carbonyl (C=O) groups is 2. The lowest BCUT2D eigenvalue weighted by molar-refractivity contribution is 0.0854. The summed E-state index contributed by atoms with van der Waals surface area (Å²) in [6.07, 6.45) is 3.29. The number of hydrogen-bond acceptors (Lipinski definition) is 5. The van der Waals surface area contributed by atoms with Gasteiger partial charge in [-0.05, 0) is 25.7 Å². The van der Waals surface area contributed by atoms with Crippen molar-refractivity contribution in [1.82, 2.24) is 25.4 Å². The molecule has 1 unspecified atom stereocenters. The second-order valence-corrected chi connectivity index (χ2v) is 7.29. The Bertz CT molecular complexity index is 808. The number of H-pyrrole nitrogens is 1. The number of rotatable bonds is 5. The minimum atomic E-state index is -0.138. The van der Waals surface area contributed by atoms with E-state index in [0.717, 1.165) is 25.0 Å². The first kappa shape index (κ1) is 18.6. The van der Waals surface area contributed by atoms with Gasteiger partial charge in [0.1, 0.15) is 11.9 Å². The SMILES string of the molecule is O=C(c1ccccc1)C1CCN(C(=O)NCc2nc(C3CCCO3)n[nH]2)CC1. The van der Waals surface area contributed by atoms with Gasteiger partial charge in [0.15, 0.2) is 11.6 Å². The van der Waals surface area contributed by atoms with Crippen LogP contribution >= 0.6 is 0 Å². The first-order valence-electron chi connectivity index (χ1n) is 9.85. The third-order valence-corrected chi connectivity index (χ3v) is 5.39. The Morgan fingerprint density at radius 1 is 1.18 bits per heavy atom. The van der Waals surface area contributed by atoms with Gasteiger partial charge in [0.25, 0.3) is 0 Å². The molecule has 1 aromatic heterocycles. The van der Waals surface area contributed by atoms with Crippen LogP contribution in [0.2, 0.25) is 0 Å². The first-order chi connectivity index (χ1) is 13.7. The number of carbonyl (C=O) groups excluding carboxylic acids is 2. The van der Waals surface area contributed by atoms with E-state index in [0.29, 0.717) is 44.1 Å². The van der Waals surface area contributed by atoms with Crippen LogP contribution < -0.4 is 5.32 Å². The Hall–Kier alpha value is -2.74. The highest BCUT2D eigenvalue weighted by Crippen LogP contribution is 2.25. The molecule has 3 heterocycles. The predicted molar refractivity (Wildman–Crippen MR) is 102 cm³/mol. The highest BCUT2D eigenvalue weighted by molar-refractivity contribution is 5.97. The standard InChI is InChI=1S/C20H25N5O3/c26-18(14-5-2-1-3-6-14)15-8-10-25(11-9-15)20(27)21-13-17-22-19(24-23-17)16-7-4-12-28-16/h1-3,5-6,15-16H,4,7-13H2,(H,21,27)(H,22,23,24). The minimum Gasteiger partial charge on any atom is -0.370 e. The van der Waals surface area contributed by atoms with Crippen molar-refractivity contribution >= 4 is 11.8 Å². The number of urea groups is 1. The highest BCUT2D eigenvalue weighted by Gasteiger charge is 2.28. The molecule has 0 spiro atoms. The lowest BCUT2D eigenvalue weighted by Crippen LogP contribution is -2.45. The maximum absolute atomic E-state index is 12.5. The number of benzene rings is 1. The molecule has 148 valence electrons. The van der Waals surface area contributed by atoms with Gasteiger partial charge in [0.2, 0.25) is 0 Å². The molecular weight excluding hydrogens is 358 g/mol. The summed E-state index contributed by atoms with van der Waals surface area (Å²) in [6, 6.07) is 9.23. The Kier molecular flexibility index (Phi) is 5.66. The van der Waals surface area contributed by atoms with E-state index in [1.807, 2.05) is 30.3 Å². The molecule has 2 aliphatic rings. The Labute approximate surface area is 163 Å². The summed E-state index contributed by atoms with van der Waals surface area (Å²) < 4.78 is 5.57. The van der Waals surface area contributed by atoms with Gasteiger partial charge in [-0.15, -0.1) is 0 Å². The van der Waals surface area contributed by atoms with Crippen molar-refractivity contribution in [2.75, 3.05) is 19.7 Å². The monoisotopic (exact) mass is 383 g/mol. The summed E-state index contributed by atoms with van der Waals surface area (Å²) in [4.78, 5) is 31.1. The molecule has 2 fully saturated rings. The van der Waals surface area contributed by atoms with E-state index in [1.165, 1.54) is 0 Å². The molecule has 1 atom stereocenters. The van der Waals surface area contributed by atoms with Crippen LogP contribution in [0, 0.1) is 5.92 Å². The molecule has 0 saturated carbocycles. The fraction of sp³-hybridized carbons (Fsp3) is 0.500. The number of nitrogens with zero attached hydrogens (tertiary/aromatic N) is 3. The van der Waals surface area contributed by atoms with Crippen molar-refractivity contribution in [2.45, 2.75) is 38.3 Å². The van der Waals surface area contributed by atoms with Gasteiger partial charge in [-0.2, -0.15) is 5.10 Å². The van der Waals surface area contributed by atoms with Gasteiger partial charge in [0.05, 0.1) is 6.54 Å². The summed E-state index contributed by atoms with van der Waals surface area (Å²) in [5.74, 6) is 1.42. The molecule has 2 aromatic rings. The quantitative estimate of drug-likeness (QED) is 0.773. The first-order valence-corrected chi connectivity index (χ1v) is 9.85. The van der Waals surface area contributed by atoms with Crippen molar-refractivity contribution < 1.29 is 14.3 Å². The number of Topliss-reactive ketones (excluding diaryl/α,β-unsaturated/α-hetero) is 1. The van der Waals surface area contributed by atoms with Crippen LogP contribution in [0.3, 0.4) is 0 Å². The van der Waals surface area contributed by atoms with Gasteiger partial charge in [-0.1, -0.05) is 30.3 Å². The molecule has 8 nitrogen and oxygen atoms in total. The van der Waals surface area contributed by atoms with Gasteiger partial charge in [-0.3, -0.25) is 9.89 Å². The Morgan fingerprint density at radius 2 is 1.96 bits per heavy atom. The summed E-state index contributed by atoms with van der Waals surface area (Å²) in [7, 11) is 0. The van der Waals surface area contributed by atoms with E-state index in [2.05, 4.69) is 20.5 Å². The van der Waals surface area contributed by atoms with Crippen LogP contribution in [0.25, 0.3) is 0 Å². The summed E-state index contributed by atoms with van der Waals surface area (Å²) in [5, 5.41) is 9.92. The third-order valence-electron chi connectivity index (χ3n) is 5.39. The third kappa shape index (κ3) is 4.22. The van der Waals surface area contributed by atoms with E-state index in [4.69, 9.17) is 4.74 Å². The molecule has 2 saturated heterocycles. The Balaban J connectivity index is 1.23. The molecule has 28 heavy (non-hydrogen) atoms. The number of aromatic amines is 1. The molecule has 4 rings (SSSR count). The number of piperidine rings is 1. The Morgan fingerprint density at radius 3 is 2.68 bits per heavy atom. The van der Waals surface area contributed by atoms with E-state index in [1.54, 1.807) is 4.90 Å². The summed E-state index contributed by atoms with van der Waals surface area (Å²) in [5.41, 5.74) is 0.748. The van der Waals surface area contributed by atoms with Gasteiger partial charge < -0.3 is 15.0 Å². The molecule has 2 amide bonds. The zero-order valence-corrected chi connectivity index (χ0v) is 15.8. The van der Waals surface area contributed by atoms with Crippen molar-refractivity contribution in [2.24, 2.45) is 5.92 Å². The van der Waals surface area contributed by atoms with Crippen LogP contribution in [0.1, 0.15) is 53.8 Å². The number of ether oxygens (including phenoxy) is 1. The lowest BCUT2D eigenvalue weighted by Gasteiger charge is -2.31. The lowest BCUT2D eigenvalue weighted by atomic mass is 9.89. The van der Waals surface area contributed by atoms with Crippen LogP contribution in [0.5, 0.6) is 0 Å². The van der Waals surface area contributed by atoms with Crippen LogP contribution in [0.4, 0.5) is 4.79 Å². The van der Waals surface area contributed by atoms with E-state index in [-0.39, 0.29) is 23.8 Å². The minimum absolute atomic E-state index is 0.0188. The molecule has 0 radical (unpaired) electrons. The van der Waals surface area contributed by atoms with Crippen molar-refractivity contribution in [3.63, 3.8) is 0 Å². The second-order valence-electron chi connectivity index (χ2n) is 7.29. The van der Waals surface area contributed by atoms with Crippen LogP contribution in [-0.2, 0) is 11.3 Å². The molecule has 8 heteroatoms. The fourth-order valence-corrected chi connectivity index (χ4v) is 3.77. The number of amides is 2. The molecule has 2 N–H and O–H groups in total. The zero-order chi connectivity index (χ0) is 19.3. The number of hydrogen-bond donors (Lipinski definition) is 2. The normalized spacial score (nSPS) is 20.3. The number of likely N-dealkylation sites (tertiary alicyclic amines) is 1. The topological polar surface area (TPSA) is 100 Å². The molecule has 2 aliphatic heterocycles. The molecular formula is C20H25N5O3. The zero-order valence-electron chi connectivity index (χ0n) is 15.8. The smallest absolute Gasteiger partial charge is 0.317 e. The van der Waals surface area contributed by atoms with E-state index < -0.39 is 0 Å². The molecule has 1 aromatic carbocycles. The largest absolute Gasteiger partial charge is 0.370 e. The van der Waals surface area contributed by atoms with Gasteiger partial charge >= 0.3 is 6.03 Å². The van der Waals surface area contributed by atoms with Gasteiger partial charge in [-0.25, -0.2) is 9.78 Å². The average molecular weight is 383 g/mol. The highest BCUT2D eigenvalue weighted by atomic mass is 16.5. The van der Waals surface area contributed by atoms with E-state index in [9.17, 15) is 9.59 Å². The number of ketones is 1. The van der Waals surface area contributed by atoms with Crippen LogP contribution in [-0.4, -0.2) is 51.6 Å². The maximum atomic E-state index is 12.5. The summed E-state index contributed by atoms with van der Waals surface area (Å²) in [6.45, 7) is 2.19. The predicted octanol–water partition coefficient (Wildman–Crippen LogP) is 2.46. The maximum Gasteiger partial charge on any atom is 0.317 e. The van der Waals surface area contributed by atoms with Crippen molar-refractivity contribution in [1.29, 1.82) is 0 Å². The van der Waals surface area contributed by atoms with Gasteiger partial charge in [0, 0.05) is 31.2 Å². The second kappa shape index (κ2) is 8.52. The summed E-state index contributed by atoms with van der Waals surface area (Å²) >= 11 is 0. The number of aromatic nitrogens is 3. The molecule has 0 aliphatic carbocycles.